The summed E-state index contributed by atoms with van der Waals surface area (Å²) in [6, 6.07) is 17.5. The maximum absolute atomic E-state index is 11.8. The van der Waals surface area contributed by atoms with Crippen molar-refractivity contribution in [2.24, 2.45) is 5.10 Å². The molecular formula is C22H17IN2O5. The monoisotopic (exact) mass is 516 g/mol. The van der Waals surface area contributed by atoms with Crippen LogP contribution in [0.1, 0.15) is 11.3 Å². The van der Waals surface area contributed by atoms with Crippen molar-refractivity contribution in [1.29, 1.82) is 0 Å². The van der Waals surface area contributed by atoms with E-state index in [0.29, 0.717) is 17.3 Å². The normalized spacial score (nSPS) is 11.0. The van der Waals surface area contributed by atoms with Gasteiger partial charge in [0.2, 0.25) is 0 Å². The first-order chi connectivity index (χ1) is 14.6. The largest absolute Gasteiger partial charge is 0.484 e. The number of rotatable bonds is 8. The van der Waals surface area contributed by atoms with E-state index in [0.717, 1.165) is 9.13 Å². The van der Waals surface area contributed by atoms with E-state index in [-0.39, 0.29) is 12.5 Å². The number of amides is 1. The van der Waals surface area contributed by atoms with Crippen LogP contribution in [0.2, 0.25) is 0 Å². The van der Waals surface area contributed by atoms with Gasteiger partial charge in [-0.2, -0.15) is 5.10 Å². The Kier molecular flexibility index (Phi) is 7.78. The Bertz CT molecular complexity index is 1030. The molecule has 0 saturated heterocycles. The number of benzene rings is 2. The van der Waals surface area contributed by atoms with E-state index >= 15 is 0 Å². The lowest BCUT2D eigenvalue weighted by Crippen LogP contribution is -2.24. The maximum Gasteiger partial charge on any atom is 0.336 e. The van der Waals surface area contributed by atoms with Crippen molar-refractivity contribution in [2.45, 2.75) is 0 Å². The standard InChI is InChI=1S/C22H17IN2O5/c23-17-5-9-19(10-6-17)29-15-21(26)25-24-14-16-3-7-20(8-4-16)30-22(27)12-11-18-2-1-13-28-18/h1-14H,15H2,(H,25,26). The molecule has 1 aromatic heterocycles. The zero-order valence-electron chi connectivity index (χ0n) is 15.7. The second kappa shape index (κ2) is 11.0. The number of hydrogen-bond acceptors (Lipinski definition) is 6. The fraction of sp³-hybridized carbons (Fsp3) is 0.0455. The minimum Gasteiger partial charge on any atom is -0.484 e. The van der Waals surface area contributed by atoms with Gasteiger partial charge in [-0.05, 0) is 94.9 Å². The van der Waals surface area contributed by atoms with Gasteiger partial charge in [0.25, 0.3) is 5.91 Å². The van der Waals surface area contributed by atoms with E-state index in [1.807, 2.05) is 12.1 Å². The van der Waals surface area contributed by atoms with Gasteiger partial charge in [-0.15, -0.1) is 0 Å². The van der Waals surface area contributed by atoms with Gasteiger partial charge in [-0.3, -0.25) is 4.79 Å². The van der Waals surface area contributed by atoms with Gasteiger partial charge in [-0.1, -0.05) is 0 Å². The van der Waals surface area contributed by atoms with Crippen LogP contribution in [0.15, 0.2) is 82.5 Å². The molecule has 1 N–H and O–H groups in total. The number of halogens is 1. The minimum absolute atomic E-state index is 0.141. The molecule has 0 aliphatic carbocycles. The summed E-state index contributed by atoms with van der Waals surface area (Å²) in [5.74, 6) is 0.659. The van der Waals surface area contributed by atoms with Crippen LogP contribution in [0.3, 0.4) is 0 Å². The number of carbonyl (C=O) groups is 2. The van der Waals surface area contributed by atoms with E-state index < -0.39 is 5.97 Å². The number of nitrogens with one attached hydrogen (secondary N) is 1. The fourth-order valence-corrected chi connectivity index (χ4v) is 2.56. The number of hydrogen-bond donors (Lipinski definition) is 1. The number of hydrazone groups is 1. The average molecular weight is 516 g/mol. The highest BCUT2D eigenvalue weighted by Crippen LogP contribution is 2.13. The van der Waals surface area contributed by atoms with E-state index in [2.05, 4.69) is 33.1 Å². The molecule has 0 unspecified atom stereocenters. The number of ether oxygens (including phenoxy) is 2. The van der Waals surface area contributed by atoms with Crippen LogP contribution in [0.5, 0.6) is 11.5 Å². The highest BCUT2D eigenvalue weighted by Gasteiger charge is 2.03. The van der Waals surface area contributed by atoms with Crippen molar-refractivity contribution >= 4 is 46.8 Å². The molecule has 3 rings (SSSR count). The summed E-state index contributed by atoms with van der Waals surface area (Å²) in [4.78, 5) is 23.6. The molecule has 0 fully saturated rings. The fourth-order valence-electron chi connectivity index (χ4n) is 2.20. The first-order valence-corrected chi connectivity index (χ1v) is 9.90. The summed E-state index contributed by atoms with van der Waals surface area (Å²) in [6.45, 7) is -0.141. The summed E-state index contributed by atoms with van der Waals surface area (Å²) >= 11 is 2.19. The molecule has 3 aromatic rings. The Morgan fingerprint density at radius 2 is 1.77 bits per heavy atom. The van der Waals surface area contributed by atoms with Gasteiger partial charge < -0.3 is 13.9 Å². The smallest absolute Gasteiger partial charge is 0.336 e. The summed E-state index contributed by atoms with van der Waals surface area (Å²) in [7, 11) is 0. The van der Waals surface area contributed by atoms with Crippen molar-refractivity contribution in [1.82, 2.24) is 5.43 Å². The Balaban J connectivity index is 1.42. The van der Waals surface area contributed by atoms with Gasteiger partial charge in [0.05, 0.1) is 12.5 Å². The van der Waals surface area contributed by atoms with Crippen molar-refractivity contribution in [3.63, 3.8) is 0 Å². The Hall–Kier alpha value is -3.40. The van der Waals surface area contributed by atoms with Gasteiger partial charge in [0.1, 0.15) is 17.3 Å². The van der Waals surface area contributed by atoms with E-state index in [1.165, 1.54) is 24.6 Å². The second-order valence-corrected chi connectivity index (χ2v) is 7.12. The van der Waals surface area contributed by atoms with Crippen molar-refractivity contribution in [3.8, 4) is 11.5 Å². The minimum atomic E-state index is -0.520. The third-order valence-corrected chi connectivity index (χ3v) is 4.33. The quantitative estimate of drug-likeness (QED) is 0.122. The van der Waals surface area contributed by atoms with Crippen LogP contribution in [-0.4, -0.2) is 24.7 Å². The molecular weight excluding hydrogens is 499 g/mol. The van der Waals surface area contributed by atoms with Crippen LogP contribution < -0.4 is 14.9 Å². The highest BCUT2D eigenvalue weighted by atomic mass is 127. The van der Waals surface area contributed by atoms with Gasteiger partial charge >= 0.3 is 5.97 Å². The van der Waals surface area contributed by atoms with Crippen LogP contribution in [0.25, 0.3) is 6.08 Å². The lowest BCUT2D eigenvalue weighted by molar-refractivity contribution is -0.129. The van der Waals surface area contributed by atoms with Crippen molar-refractivity contribution < 1.29 is 23.5 Å². The van der Waals surface area contributed by atoms with Crippen LogP contribution in [0.4, 0.5) is 0 Å². The van der Waals surface area contributed by atoms with Crippen molar-refractivity contribution in [3.05, 3.63) is 87.9 Å². The lowest BCUT2D eigenvalue weighted by Gasteiger charge is -2.05. The molecule has 7 nitrogen and oxygen atoms in total. The van der Waals surface area contributed by atoms with Gasteiger partial charge in [-0.25, -0.2) is 10.2 Å². The molecule has 30 heavy (non-hydrogen) atoms. The Morgan fingerprint density at radius 3 is 2.47 bits per heavy atom. The summed E-state index contributed by atoms with van der Waals surface area (Å²) in [5.41, 5.74) is 3.11. The molecule has 1 heterocycles. The molecule has 8 heteroatoms. The van der Waals surface area contributed by atoms with E-state index in [1.54, 1.807) is 48.5 Å². The molecule has 0 bridgehead atoms. The zero-order valence-corrected chi connectivity index (χ0v) is 17.8. The first kappa shape index (κ1) is 21.3. The van der Waals surface area contributed by atoms with Crippen LogP contribution in [0, 0.1) is 3.57 Å². The van der Waals surface area contributed by atoms with Gasteiger partial charge in [0, 0.05) is 9.65 Å². The molecule has 0 saturated carbocycles. The molecule has 0 radical (unpaired) electrons. The molecule has 0 aliphatic heterocycles. The summed E-state index contributed by atoms with van der Waals surface area (Å²) in [6.07, 6.45) is 5.80. The molecule has 0 aliphatic rings. The Labute approximate surface area is 186 Å². The van der Waals surface area contributed by atoms with Crippen LogP contribution in [-0.2, 0) is 9.59 Å². The molecule has 2 aromatic carbocycles. The number of nitrogens with zero attached hydrogens (tertiary/aromatic N) is 1. The molecule has 1 amide bonds. The summed E-state index contributed by atoms with van der Waals surface area (Å²) < 4.78 is 16.7. The summed E-state index contributed by atoms with van der Waals surface area (Å²) in [5, 5.41) is 3.88. The number of esters is 1. The number of furan rings is 1. The third kappa shape index (κ3) is 7.21. The number of carbonyl (C=O) groups excluding carboxylic acids is 2. The third-order valence-electron chi connectivity index (χ3n) is 3.61. The SMILES string of the molecule is O=C(COc1ccc(I)cc1)NN=Cc1ccc(OC(=O)C=Cc2ccco2)cc1. The molecule has 0 atom stereocenters. The average Bonchev–Trinajstić information content (AvgIpc) is 3.27. The Morgan fingerprint density at radius 1 is 1.03 bits per heavy atom. The predicted molar refractivity (Wildman–Crippen MR) is 120 cm³/mol. The van der Waals surface area contributed by atoms with E-state index in [4.69, 9.17) is 13.9 Å². The predicted octanol–water partition coefficient (Wildman–Crippen LogP) is 4.03. The second-order valence-electron chi connectivity index (χ2n) is 5.87. The van der Waals surface area contributed by atoms with Crippen LogP contribution >= 0.6 is 22.6 Å². The van der Waals surface area contributed by atoms with Gasteiger partial charge in [0.15, 0.2) is 6.61 Å². The lowest BCUT2D eigenvalue weighted by atomic mass is 10.2. The van der Waals surface area contributed by atoms with E-state index in [9.17, 15) is 9.59 Å². The topological polar surface area (TPSA) is 90.1 Å². The zero-order chi connectivity index (χ0) is 21.2. The maximum atomic E-state index is 11.8. The molecule has 0 spiro atoms. The molecule has 152 valence electrons. The van der Waals surface area contributed by atoms with Crippen molar-refractivity contribution in [2.75, 3.05) is 6.61 Å². The first-order valence-electron chi connectivity index (χ1n) is 8.82. The highest BCUT2D eigenvalue weighted by molar-refractivity contribution is 14.1.